The van der Waals surface area contributed by atoms with Crippen LogP contribution >= 0.6 is 0 Å². The minimum atomic E-state index is 0. The van der Waals surface area contributed by atoms with Gasteiger partial charge in [-0.25, -0.2) is 0 Å². The fraction of sp³-hybridized carbons (Fsp3) is 0.600. The first-order chi connectivity index (χ1) is 3.33. The molecule has 0 unspecified atom stereocenters. The molecule has 0 aliphatic heterocycles. The smallest absolute Gasteiger partial charge is 0.532 e. The number of hydrogen-bond donors (Lipinski definition) is 1. The van der Waals surface area contributed by atoms with Crippen molar-refractivity contribution in [3.05, 3.63) is 6.92 Å². The Balaban J connectivity index is -0.0000000575. The van der Waals surface area contributed by atoms with Gasteiger partial charge in [0.05, 0.1) is 0 Å². The van der Waals surface area contributed by atoms with Crippen molar-refractivity contribution in [3.63, 3.8) is 0 Å². The van der Waals surface area contributed by atoms with E-state index in [4.69, 9.17) is 4.79 Å². The van der Waals surface area contributed by atoms with Crippen LogP contribution in [-0.2, 0) is 37.5 Å². The summed E-state index contributed by atoms with van der Waals surface area (Å²) in [4.78, 5) is 8.94. The number of nitrogens with one attached hydrogen (secondary N) is 1. The molecule has 3 heteroatoms. The number of amides is 1. The standard InChI is InChI=1S/C3H7.C2H4NO.Y/c1-3-2;1-3-2-4;/h1,3H2,2H3;1H3,(H,3,4);/q2*-1;+3. The van der Waals surface area contributed by atoms with Crippen LogP contribution in [0, 0.1) is 6.92 Å². The molecule has 0 atom stereocenters. The quantitative estimate of drug-likeness (QED) is 0.473. The van der Waals surface area contributed by atoms with Gasteiger partial charge in [0.15, 0.2) is 0 Å². The van der Waals surface area contributed by atoms with Gasteiger partial charge < -0.3 is 17.0 Å². The second-order valence-electron chi connectivity index (χ2n) is 0.852. The molecule has 44 valence electrons. The van der Waals surface area contributed by atoms with Crippen LogP contribution in [0.1, 0.15) is 13.3 Å². The summed E-state index contributed by atoms with van der Waals surface area (Å²) in [6.45, 7) is 5.50. The van der Waals surface area contributed by atoms with Crippen LogP contribution in [0.4, 0.5) is 0 Å². The summed E-state index contributed by atoms with van der Waals surface area (Å²) >= 11 is 0. The summed E-state index contributed by atoms with van der Waals surface area (Å²) in [7, 11) is 1.51. The van der Waals surface area contributed by atoms with Crippen molar-refractivity contribution in [3.8, 4) is 0 Å². The van der Waals surface area contributed by atoms with Gasteiger partial charge in [-0.05, 0) is 7.05 Å². The van der Waals surface area contributed by atoms with Crippen LogP contribution in [0.5, 0.6) is 0 Å². The molecule has 1 amide bonds. The van der Waals surface area contributed by atoms with Crippen LogP contribution in [-0.4, -0.2) is 13.5 Å². The Morgan fingerprint density at radius 1 is 1.75 bits per heavy atom. The van der Waals surface area contributed by atoms with Gasteiger partial charge in [0, 0.05) is 0 Å². The van der Waals surface area contributed by atoms with E-state index in [2.05, 4.69) is 12.2 Å². The van der Waals surface area contributed by atoms with Crippen molar-refractivity contribution in [2.75, 3.05) is 7.05 Å². The van der Waals surface area contributed by atoms with Gasteiger partial charge in [0.2, 0.25) is 0 Å². The molecule has 2 nitrogen and oxygen atoms in total. The third-order valence-electron chi connectivity index (χ3n) is 0.102. The topological polar surface area (TPSA) is 29.1 Å². The molecule has 0 saturated carbocycles. The van der Waals surface area contributed by atoms with E-state index in [9.17, 15) is 0 Å². The first kappa shape index (κ1) is 15.8. The maximum absolute atomic E-state index is 8.94. The Kier molecular flexibility index (Phi) is 50.7. The maximum atomic E-state index is 8.94. The predicted octanol–water partition coefficient (Wildman–Crippen LogP) is 0.501. The third kappa shape index (κ3) is 82.4. The van der Waals surface area contributed by atoms with E-state index in [1.54, 1.807) is 0 Å². The third-order valence-corrected chi connectivity index (χ3v) is 0.102. The number of rotatable bonds is 1. The van der Waals surface area contributed by atoms with E-state index in [1.807, 2.05) is 6.92 Å². The number of hydrogen-bond acceptors (Lipinski definition) is 1. The minimum absolute atomic E-state index is 0. The first-order valence-electron chi connectivity index (χ1n) is 2.16. The molecule has 1 N–H and O–H groups in total. The molecule has 0 aromatic rings. The molecule has 0 saturated heterocycles. The van der Waals surface area contributed by atoms with Crippen LogP contribution in [0.2, 0.25) is 0 Å². The zero-order chi connectivity index (χ0) is 6.12. The van der Waals surface area contributed by atoms with Crippen molar-refractivity contribution in [1.29, 1.82) is 0 Å². The summed E-state index contributed by atoms with van der Waals surface area (Å²) in [5, 5.41) is 2.12. The molecule has 0 spiro atoms. The minimum Gasteiger partial charge on any atom is -0.532 e. The van der Waals surface area contributed by atoms with Crippen LogP contribution in [0.3, 0.4) is 0 Å². The molecule has 0 heterocycles. The molecule has 0 aliphatic rings. The Labute approximate surface area is 76.3 Å². The largest absolute Gasteiger partial charge is 3.00 e. The van der Waals surface area contributed by atoms with Crippen molar-refractivity contribution in [1.82, 2.24) is 5.32 Å². The van der Waals surface area contributed by atoms with Crippen molar-refractivity contribution in [2.24, 2.45) is 0 Å². The number of carbonyl (C=O) groups excluding carboxylic acids is 1. The van der Waals surface area contributed by atoms with Gasteiger partial charge in [0.1, 0.15) is 0 Å². The molecule has 8 heavy (non-hydrogen) atoms. The molecule has 0 aromatic carbocycles. The predicted molar refractivity (Wildman–Crippen MR) is 30.4 cm³/mol. The van der Waals surface area contributed by atoms with E-state index in [1.165, 1.54) is 13.5 Å². The maximum Gasteiger partial charge on any atom is 3.00 e. The van der Waals surface area contributed by atoms with Gasteiger partial charge in [0.25, 0.3) is 0 Å². The first-order valence-corrected chi connectivity index (χ1v) is 2.16. The molecule has 0 aliphatic carbocycles. The monoisotopic (exact) mass is 190 g/mol. The fourth-order valence-corrected chi connectivity index (χ4v) is 0. The average molecular weight is 190 g/mol. The normalized spacial score (nSPS) is 4.88. The zero-order valence-corrected chi connectivity index (χ0v) is 8.24. The molecule has 0 aromatic heterocycles. The molecule has 0 bridgehead atoms. The van der Waals surface area contributed by atoms with Gasteiger partial charge in [-0.15, -0.1) is 0 Å². The summed E-state index contributed by atoms with van der Waals surface area (Å²) < 4.78 is 0. The van der Waals surface area contributed by atoms with Gasteiger partial charge in [-0.2, -0.15) is 12.8 Å². The van der Waals surface area contributed by atoms with Gasteiger partial charge in [-0.1, -0.05) is 6.92 Å². The zero-order valence-electron chi connectivity index (χ0n) is 5.40. The van der Waals surface area contributed by atoms with Gasteiger partial charge in [-0.3, -0.25) is 0 Å². The van der Waals surface area contributed by atoms with Crippen molar-refractivity contribution >= 4 is 6.41 Å². The van der Waals surface area contributed by atoms with E-state index in [0.29, 0.717) is 0 Å². The van der Waals surface area contributed by atoms with E-state index in [-0.39, 0.29) is 32.7 Å². The fourth-order valence-electron chi connectivity index (χ4n) is 0. The second kappa shape index (κ2) is 25.6. The average Bonchev–Trinajstić information content (AvgIpc) is 1.69. The van der Waals surface area contributed by atoms with Crippen LogP contribution in [0.15, 0.2) is 0 Å². The molecular weight excluding hydrogens is 179 g/mol. The Morgan fingerprint density at radius 2 is 1.88 bits per heavy atom. The Morgan fingerprint density at radius 3 is 1.88 bits per heavy atom. The van der Waals surface area contributed by atoms with Crippen LogP contribution in [0.25, 0.3) is 0 Å². The van der Waals surface area contributed by atoms with E-state index >= 15 is 0 Å². The molecule has 0 fully saturated rings. The molecule has 0 rings (SSSR count). The summed E-state index contributed by atoms with van der Waals surface area (Å²) in [5.41, 5.74) is 0. The van der Waals surface area contributed by atoms with Gasteiger partial charge >= 0.3 is 32.7 Å². The van der Waals surface area contributed by atoms with E-state index in [0.717, 1.165) is 6.42 Å². The summed E-state index contributed by atoms with van der Waals surface area (Å²) in [6, 6.07) is 0. The summed E-state index contributed by atoms with van der Waals surface area (Å²) in [6.07, 6.45) is 2.43. The van der Waals surface area contributed by atoms with Crippen LogP contribution < -0.4 is 5.32 Å². The SMILES string of the molecule is CN[C-]=O.[CH2-]CC.[Y+3]. The molecule has 0 radical (unpaired) electrons. The van der Waals surface area contributed by atoms with Crippen molar-refractivity contribution < 1.29 is 37.5 Å². The summed E-state index contributed by atoms with van der Waals surface area (Å²) in [5.74, 6) is 0. The molecular formula is C5H11NOY+. The Hall–Kier alpha value is 0.574. The second-order valence-corrected chi connectivity index (χ2v) is 0.852. The Bertz CT molecular complexity index is 33.6. The van der Waals surface area contributed by atoms with E-state index < -0.39 is 0 Å². The van der Waals surface area contributed by atoms with Crippen molar-refractivity contribution in [2.45, 2.75) is 13.3 Å².